The largest absolute Gasteiger partial charge is 0.481 e. The maximum atomic E-state index is 11.9. The Balaban J connectivity index is 1.98. The first-order valence-corrected chi connectivity index (χ1v) is 8.33. The molecule has 0 saturated heterocycles. The van der Waals surface area contributed by atoms with Gasteiger partial charge in [-0.3, -0.25) is 9.52 Å². The lowest BCUT2D eigenvalue weighted by molar-refractivity contribution is -0.138. The Bertz CT molecular complexity index is 611. The van der Waals surface area contributed by atoms with Crippen LogP contribution in [-0.4, -0.2) is 38.5 Å². The summed E-state index contributed by atoms with van der Waals surface area (Å²) in [5.74, 6) is -1.16. The molecule has 0 amide bonds. The minimum Gasteiger partial charge on any atom is -0.481 e. The summed E-state index contributed by atoms with van der Waals surface area (Å²) in [6.45, 7) is 1.68. The maximum absolute atomic E-state index is 11.9. The van der Waals surface area contributed by atoms with E-state index in [1.54, 1.807) is 31.2 Å². The average Bonchev–Trinajstić information content (AvgIpc) is 3.18. The number of aliphatic carboxylic acids is 1. The van der Waals surface area contributed by atoms with Gasteiger partial charge in [0.25, 0.3) is 0 Å². The monoisotopic (exact) mass is 313 g/mol. The number of anilines is 1. The molecule has 1 aliphatic carbocycles. The van der Waals surface area contributed by atoms with Crippen molar-refractivity contribution in [2.24, 2.45) is 5.92 Å². The molecule has 1 aliphatic rings. The van der Waals surface area contributed by atoms with E-state index in [1.165, 1.54) is 7.11 Å². The van der Waals surface area contributed by atoms with Crippen LogP contribution in [0.25, 0.3) is 0 Å². The third-order valence-corrected chi connectivity index (χ3v) is 5.03. The van der Waals surface area contributed by atoms with E-state index in [0.717, 1.165) is 5.56 Å². The van der Waals surface area contributed by atoms with Gasteiger partial charge in [-0.05, 0) is 37.0 Å². The van der Waals surface area contributed by atoms with Crippen LogP contribution in [0.2, 0.25) is 0 Å². The van der Waals surface area contributed by atoms with Crippen LogP contribution in [-0.2, 0) is 19.6 Å². The van der Waals surface area contributed by atoms with Crippen molar-refractivity contribution >= 4 is 21.7 Å². The molecule has 1 aromatic rings. The molecule has 1 unspecified atom stereocenters. The summed E-state index contributed by atoms with van der Waals surface area (Å²) in [6, 6.07) is 6.85. The summed E-state index contributed by atoms with van der Waals surface area (Å²) in [5.41, 5.74) is 1.39. The Hall–Kier alpha value is -1.60. The molecule has 0 spiro atoms. The highest BCUT2D eigenvalue weighted by Gasteiger charge is 2.44. The second-order valence-corrected chi connectivity index (χ2v) is 7.11. The van der Waals surface area contributed by atoms with Crippen LogP contribution < -0.4 is 4.72 Å². The number of ether oxygens (including phenoxy) is 1. The van der Waals surface area contributed by atoms with Gasteiger partial charge in [-0.2, -0.15) is 0 Å². The van der Waals surface area contributed by atoms with Gasteiger partial charge in [-0.15, -0.1) is 0 Å². The number of carboxylic acid groups (broad SMARTS) is 1. The molecule has 0 aromatic heterocycles. The third-order valence-electron chi connectivity index (χ3n) is 3.58. The van der Waals surface area contributed by atoms with Gasteiger partial charge in [0, 0.05) is 12.8 Å². The van der Waals surface area contributed by atoms with Crippen molar-refractivity contribution in [2.45, 2.75) is 25.4 Å². The van der Waals surface area contributed by atoms with E-state index in [0.29, 0.717) is 12.1 Å². The minimum atomic E-state index is -3.46. The first-order valence-electron chi connectivity index (χ1n) is 6.68. The fraction of sp³-hybridized carbons (Fsp3) is 0.500. The van der Waals surface area contributed by atoms with Gasteiger partial charge in [0.05, 0.1) is 17.8 Å². The Morgan fingerprint density at radius 3 is 2.52 bits per heavy atom. The zero-order chi connectivity index (χ0) is 15.6. The normalized spacial score (nSPS) is 22.6. The van der Waals surface area contributed by atoms with Crippen LogP contribution in [0.5, 0.6) is 0 Å². The van der Waals surface area contributed by atoms with Crippen molar-refractivity contribution < 1.29 is 23.1 Å². The van der Waals surface area contributed by atoms with Crippen molar-refractivity contribution in [1.29, 1.82) is 0 Å². The molecular formula is C14H19NO5S. The molecule has 0 radical (unpaired) electrons. The van der Waals surface area contributed by atoms with Gasteiger partial charge in [0.1, 0.15) is 0 Å². The number of methoxy groups -OCH3 is 1. The lowest BCUT2D eigenvalue weighted by atomic mass is 10.1. The topological polar surface area (TPSA) is 92.7 Å². The number of carboxylic acids is 1. The standard InChI is InChI=1S/C14H19NO5S/c1-9(20-2)8-21(18,19)15-11-5-3-10(4-6-11)12-7-13(12)14(16)17/h3-6,9,12-13,15H,7-8H2,1-2H3,(H,16,17)/t9?,12-,13+/m0/s1. The van der Waals surface area contributed by atoms with Crippen molar-refractivity contribution in [3.05, 3.63) is 29.8 Å². The predicted molar refractivity (Wildman–Crippen MR) is 78.8 cm³/mol. The quantitative estimate of drug-likeness (QED) is 0.798. The lowest BCUT2D eigenvalue weighted by Crippen LogP contribution is -2.25. The predicted octanol–water partition coefficient (Wildman–Crippen LogP) is 1.65. The number of hydrogen-bond donors (Lipinski definition) is 2. The summed E-state index contributed by atoms with van der Waals surface area (Å²) in [5, 5.41) is 8.90. The summed E-state index contributed by atoms with van der Waals surface area (Å²) in [7, 11) is -1.99. The van der Waals surface area contributed by atoms with Crippen LogP contribution in [0, 0.1) is 5.92 Å². The van der Waals surface area contributed by atoms with Crippen molar-refractivity contribution in [1.82, 2.24) is 0 Å². The van der Waals surface area contributed by atoms with Crippen LogP contribution in [0.15, 0.2) is 24.3 Å². The number of rotatable bonds is 7. The zero-order valence-electron chi connectivity index (χ0n) is 11.9. The van der Waals surface area contributed by atoms with E-state index in [2.05, 4.69) is 4.72 Å². The molecular weight excluding hydrogens is 294 g/mol. The van der Waals surface area contributed by atoms with E-state index in [9.17, 15) is 13.2 Å². The van der Waals surface area contributed by atoms with Crippen molar-refractivity contribution in [3.63, 3.8) is 0 Å². The molecule has 7 heteroatoms. The lowest BCUT2D eigenvalue weighted by Gasteiger charge is -2.12. The van der Waals surface area contributed by atoms with Gasteiger partial charge >= 0.3 is 5.97 Å². The van der Waals surface area contributed by atoms with E-state index in [4.69, 9.17) is 9.84 Å². The SMILES string of the molecule is COC(C)CS(=O)(=O)Nc1ccc([C@@H]2C[C@H]2C(=O)O)cc1. The average molecular weight is 313 g/mol. The Kier molecular flexibility index (Phi) is 4.53. The highest BCUT2D eigenvalue weighted by atomic mass is 32.2. The number of carbonyl (C=O) groups is 1. The fourth-order valence-electron chi connectivity index (χ4n) is 2.23. The number of benzene rings is 1. The highest BCUT2D eigenvalue weighted by molar-refractivity contribution is 7.92. The van der Waals surface area contributed by atoms with E-state index < -0.39 is 16.0 Å². The molecule has 0 aliphatic heterocycles. The number of hydrogen-bond acceptors (Lipinski definition) is 4. The zero-order valence-corrected chi connectivity index (χ0v) is 12.8. The number of sulfonamides is 1. The molecule has 6 nitrogen and oxygen atoms in total. The first kappa shape index (κ1) is 15.8. The first-order chi connectivity index (χ1) is 9.82. The number of nitrogens with one attached hydrogen (secondary N) is 1. The fourth-order valence-corrected chi connectivity index (χ4v) is 3.57. The molecule has 0 heterocycles. The molecule has 1 aromatic carbocycles. The smallest absolute Gasteiger partial charge is 0.307 e. The Morgan fingerprint density at radius 2 is 2.05 bits per heavy atom. The summed E-state index contributed by atoms with van der Waals surface area (Å²) in [4.78, 5) is 10.8. The van der Waals surface area contributed by atoms with Crippen LogP contribution in [0.3, 0.4) is 0 Å². The molecule has 116 valence electrons. The van der Waals surface area contributed by atoms with Gasteiger partial charge in [-0.25, -0.2) is 8.42 Å². The van der Waals surface area contributed by atoms with Gasteiger partial charge in [-0.1, -0.05) is 12.1 Å². The maximum Gasteiger partial charge on any atom is 0.307 e. The molecule has 1 fully saturated rings. The van der Waals surface area contributed by atoms with Crippen LogP contribution >= 0.6 is 0 Å². The molecule has 2 rings (SSSR count). The van der Waals surface area contributed by atoms with E-state index in [1.807, 2.05) is 0 Å². The second-order valence-electron chi connectivity index (χ2n) is 5.34. The van der Waals surface area contributed by atoms with Crippen molar-refractivity contribution in [2.75, 3.05) is 17.6 Å². The van der Waals surface area contributed by atoms with E-state index >= 15 is 0 Å². The van der Waals surface area contributed by atoms with E-state index in [-0.39, 0.29) is 23.7 Å². The Morgan fingerprint density at radius 1 is 1.43 bits per heavy atom. The van der Waals surface area contributed by atoms with Crippen molar-refractivity contribution in [3.8, 4) is 0 Å². The third kappa shape index (κ3) is 4.18. The Labute approximate surface area is 124 Å². The second kappa shape index (κ2) is 6.03. The molecule has 21 heavy (non-hydrogen) atoms. The molecule has 0 bridgehead atoms. The summed E-state index contributed by atoms with van der Waals surface area (Å²) in [6.07, 6.45) is 0.260. The molecule has 2 N–H and O–H groups in total. The van der Waals surface area contributed by atoms with Gasteiger partial charge < -0.3 is 9.84 Å². The summed E-state index contributed by atoms with van der Waals surface area (Å²) < 4.78 is 31.2. The highest BCUT2D eigenvalue weighted by Crippen LogP contribution is 2.47. The van der Waals surface area contributed by atoms with Crippen LogP contribution in [0.4, 0.5) is 5.69 Å². The molecule has 1 saturated carbocycles. The molecule has 3 atom stereocenters. The van der Waals surface area contributed by atoms with Crippen LogP contribution in [0.1, 0.15) is 24.8 Å². The van der Waals surface area contributed by atoms with Gasteiger partial charge in [0.15, 0.2) is 0 Å². The van der Waals surface area contributed by atoms with Gasteiger partial charge in [0.2, 0.25) is 10.0 Å². The summed E-state index contributed by atoms with van der Waals surface area (Å²) >= 11 is 0. The minimum absolute atomic E-state index is 0.0432.